The van der Waals surface area contributed by atoms with Crippen molar-refractivity contribution in [2.75, 3.05) is 11.9 Å². The van der Waals surface area contributed by atoms with Gasteiger partial charge in [0.15, 0.2) is 0 Å². The summed E-state index contributed by atoms with van der Waals surface area (Å²) in [5.41, 5.74) is 6.71. The zero-order valence-electron chi connectivity index (χ0n) is 17.5. The van der Waals surface area contributed by atoms with Gasteiger partial charge in [-0.3, -0.25) is 0 Å². The number of rotatable bonds is 2. The summed E-state index contributed by atoms with van der Waals surface area (Å²) in [5, 5.41) is 4.70. The van der Waals surface area contributed by atoms with Crippen LogP contribution >= 0.6 is 11.6 Å². The van der Waals surface area contributed by atoms with Crippen molar-refractivity contribution in [3.63, 3.8) is 0 Å². The molecule has 0 saturated carbocycles. The lowest BCUT2D eigenvalue weighted by molar-refractivity contribution is 0.206. The lowest BCUT2D eigenvalue weighted by Crippen LogP contribution is -2.38. The zero-order chi connectivity index (χ0) is 22.5. The van der Waals surface area contributed by atoms with E-state index in [1.54, 1.807) is 17.4 Å². The number of nitrogens with zero attached hydrogens (tertiary/aromatic N) is 1. The number of hydrogen-bond donors (Lipinski definition) is 2. The number of amides is 2. The van der Waals surface area contributed by atoms with E-state index in [9.17, 15) is 9.18 Å². The lowest BCUT2D eigenvalue weighted by atomic mass is 9.94. The predicted octanol–water partition coefficient (Wildman–Crippen LogP) is 6.96. The van der Waals surface area contributed by atoms with Crippen LogP contribution in [0.5, 0.6) is 0 Å². The Bertz CT molecular complexity index is 1540. The molecule has 3 aromatic carbocycles. The molecule has 0 unspecified atom stereocenters. The monoisotopic (exact) mass is 459 g/mol. The highest BCUT2D eigenvalue weighted by atomic mass is 35.5. The molecule has 0 aliphatic carbocycles. The van der Waals surface area contributed by atoms with E-state index in [2.05, 4.69) is 40.6 Å². The van der Waals surface area contributed by atoms with Gasteiger partial charge in [0.05, 0.1) is 22.5 Å². The Kier molecular flexibility index (Phi) is 4.62. The van der Waals surface area contributed by atoms with Gasteiger partial charge in [0.2, 0.25) is 0 Å². The van der Waals surface area contributed by atoms with Gasteiger partial charge in [-0.05, 0) is 59.0 Å². The lowest BCUT2D eigenvalue weighted by Gasteiger charge is -2.29. The quantitative estimate of drug-likeness (QED) is 0.299. The molecule has 2 aromatic heterocycles. The van der Waals surface area contributed by atoms with E-state index in [4.69, 9.17) is 16.0 Å². The Morgan fingerprint density at radius 2 is 1.91 bits per heavy atom. The second-order valence-corrected chi connectivity index (χ2v) is 8.68. The van der Waals surface area contributed by atoms with Crippen LogP contribution in [0.25, 0.3) is 33.0 Å². The number of halogens is 2. The fourth-order valence-corrected chi connectivity index (χ4v) is 4.63. The number of aromatic amines is 1. The standard InChI is InChI=1S/C26H19ClFN3O2/c27-21-11-20-23(12-22(21)28)29-13-24(20)30-26(32)31-7-5-17-9-15(1-2-19(17)14-31)16-3-4-25-18(10-16)6-8-33-25/h1-4,6,8-13,29H,5,7,14H2,(H,30,32). The third kappa shape index (κ3) is 3.52. The second kappa shape index (κ2) is 7.67. The number of H-pyrrole nitrogens is 1. The molecule has 5 nitrogen and oxygen atoms in total. The largest absolute Gasteiger partial charge is 0.464 e. The summed E-state index contributed by atoms with van der Waals surface area (Å²) in [6, 6.07) is 17.2. The van der Waals surface area contributed by atoms with Crippen molar-refractivity contribution in [2.45, 2.75) is 13.0 Å². The second-order valence-electron chi connectivity index (χ2n) is 8.27. The summed E-state index contributed by atoms with van der Waals surface area (Å²) in [5.74, 6) is -0.499. The number of fused-ring (bicyclic) bond motifs is 3. The molecule has 164 valence electrons. The number of hydrogen-bond acceptors (Lipinski definition) is 2. The van der Waals surface area contributed by atoms with E-state index in [0.29, 0.717) is 29.7 Å². The third-order valence-electron chi connectivity index (χ3n) is 6.26. The first-order chi connectivity index (χ1) is 16.0. The Labute approximate surface area is 193 Å². The Morgan fingerprint density at radius 1 is 1.06 bits per heavy atom. The Balaban J connectivity index is 1.21. The fourth-order valence-electron chi connectivity index (χ4n) is 4.47. The molecule has 3 heterocycles. The smallest absolute Gasteiger partial charge is 0.322 e. The number of nitrogens with one attached hydrogen (secondary N) is 2. The highest BCUT2D eigenvalue weighted by molar-refractivity contribution is 6.31. The molecule has 0 bridgehead atoms. The van der Waals surface area contributed by atoms with Crippen molar-refractivity contribution in [3.05, 3.63) is 89.0 Å². The maximum Gasteiger partial charge on any atom is 0.322 e. The fraction of sp³-hybridized carbons (Fsp3) is 0.115. The number of anilines is 1. The van der Waals surface area contributed by atoms with E-state index in [1.165, 1.54) is 17.7 Å². The molecule has 2 amide bonds. The first-order valence-corrected chi connectivity index (χ1v) is 11.0. The molecule has 5 aromatic rings. The predicted molar refractivity (Wildman–Crippen MR) is 128 cm³/mol. The van der Waals surface area contributed by atoms with Crippen LogP contribution in [0.1, 0.15) is 11.1 Å². The summed E-state index contributed by atoms with van der Waals surface area (Å²) in [4.78, 5) is 17.7. The number of benzene rings is 3. The summed E-state index contributed by atoms with van der Waals surface area (Å²) >= 11 is 5.92. The van der Waals surface area contributed by atoms with Gasteiger partial charge < -0.3 is 19.6 Å². The van der Waals surface area contributed by atoms with Crippen molar-refractivity contribution in [1.82, 2.24) is 9.88 Å². The van der Waals surface area contributed by atoms with E-state index < -0.39 is 5.82 Å². The molecule has 0 saturated heterocycles. The van der Waals surface area contributed by atoms with E-state index in [0.717, 1.165) is 34.1 Å². The molecule has 7 heteroatoms. The number of furan rings is 1. The molecule has 2 N–H and O–H groups in total. The topological polar surface area (TPSA) is 61.3 Å². The van der Waals surface area contributed by atoms with Gasteiger partial charge in [0.1, 0.15) is 11.4 Å². The number of carbonyl (C=O) groups excluding carboxylic acids is 1. The van der Waals surface area contributed by atoms with Gasteiger partial charge in [-0.1, -0.05) is 35.9 Å². The maximum absolute atomic E-state index is 13.7. The highest BCUT2D eigenvalue weighted by Gasteiger charge is 2.22. The molecular weight excluding hydrogens is 441 g/mol. The molecule has 0 radical (unpaired) electrons. The molecule has 0 fully saturated rings. The minimum atomic E-state index is -0.499. The van der Waals surface area contributed by atoms with E-state index in [-0.39, 0.29) is 11.1 Å². The van der Waals surface area contributed by atoms with Crippen molar-refractivity contribution >= 4 is 45.2 Å². The first-order valence-electron chi connectivity index (χ1n) is 10.7. The van der Waals surface area contributed by atoms with E-state index >= 15 is 0 Å². The van der Waals surface area contributed by atoms with Crippen molar-refractivity contribution in [1.29, 1.82) is 0 Å². The minimum Gasteiger partial charge on any atom is -0.464 e. The van der Waals surface area contributed by atoms with Crippen LogP contribution in [-0.2, 0) is 13.0 Å². The average molecular weight is 460 g/mol. The SMILES string of the molecule is O=C(Nc1c[nH]c2cc(F)c(Cl)cc12)N1CCc2cc(-c3ccc4occc4c3)ccc2C1. The number of aromatic nitrogens is 1. The molecule has 33 heavy (non-hydrogen) atoms. The Hall–Kier alpha value is -3.77. The minimum absolute atomic E-state index is 0.0206. The summed E-state index contributed by atoms with van der Waals surface area (Å²) in [7, 11) is 0. The van der Waals surface area contributed by atoms with Gasteiger partial charge in [0.25, 0.3) is 0 Å². The first kappa shape index (κ1) is 19.9. The summed E-state index contributed by atoms with van der Waals surface area (Å²) in [6.45, 7) is 1.14. The van der Waals surface area contributed by atoms with E-state index in [1.807, 2.05) is 12.1 Å². The van der Waals surface area contributed by atoms with Gasteiger partial charge in [-0.2, -0.15) is 0 Å². The van der Waals surface area contributed by atoms with Crippen molar-refractivity contribution in [3.8, 4) is 11.1 Å². The van der Waals surface area contributed by atoms with Crippen LogP contribution < -0.4 is 5.32 Å². The molecule has 1 aliphatic rings. The van der Waals surface area contributed by atoms with Crippen LogP contribution in [0.2, 0.25) is 5.02 Å². The van der Waals surface area contributed by atoms with Crippen LogP contribution in [-0.4, -0.2) is 22.5 Å². The zero-order valence-corrected chi connectivity index (χ0v) is 18.2. The normalized spacial score (nSPS) is 13.5. The van der Waals surface area contributed by atoms with Gasteiger partial charge in [-0.25, -0.2) is 9.18 Å². The highest BCUT2D eigenvalue weighted by Crippen LogP contribution is 2.31. The molecule has 0 atom stereocenters. The number of urea groups is 1. The van der Waals surface area contributed by atoms with Gasteiger partial charge >= 0.3 is 6.03 Å². The van der Waals surface area contributed by atoms with Gasteiger partial charge in [-0.15, -0.1) is 0 Å². The van der Waals surface area contributed by atoms with Crippen LogP contribution in [0.15, 0.2) is 71.5 Å². The van der Waals surface area contributed by atoms with Crippen LogP contribution in [0, 0.1) is 5.82 Å². The summed E-state index contributed by atoms with van der Waals surface area (Å²) < 4.78 is 19.1. The van der Waals surface area contributed by atoms with Crippen LogP contribution in [0.3, 0.4) is 0 Å². The molecule has 1 aliphatic heterocycles. The average Bonchev–Trinajstić information content (AvgIpc) is 3.45. The Morgan fingerprint density at radius 3 is 2.82 bits per heavy atom. The van der Waals surface area contributed by atoms with Crippen molar-refractivity contribution < 1.29 is 13.6 Å². The molecular formula is C26H19ClFN3O2. The third-order valence-corrected chi connectivity index (χ3v) is 6.55. The maximum atomic E-state index is 13.7. The molecule has 6 rings (SSSR count). The number of carbonyl (C=O) groups is 1. The van der Waals surface area contributed by atoms with Gasteiger partial charge in [0, 0.05) is 30.1 Å². The van der Waals surface area contributed by atoms with Crippen LogP contribution in [0.4, 0.5) is 14.9 Å². The molecule has 0 spiro atoms. The van der Waals surface area contributed by atoms with Crippen molar-refractivity contribution in [2.24, 2.45) is 0 Å². The summed E-state index contributed by atoms with van der Waals surface area (Å²) in [6.07, 6.45) is 4.12.